The van der Waals surface area contributed by atoms with E-state index in [-0.39, 0.29) is 5.91 Å². The van der Waals surface area contributed by atoms with Crippen molar-refractivity contribution in [2.24, 2.45) is 5.92 Å². The van der Waals surface area contributed by atoms with E-state index in [9.17, 15) is 4.79 Å². The first-order chi connectivity index (χ1) is 7.58. The van der Waals surface area contributed by atoms with Gasteiger partial charge in [0.05, 0.1) is 11.4 Å². The van der Waals surface area contributed by atoms with Gasteiger partial charge in [-0.2, -0.15) is 0 Å². The first-order valence-electron chi connectivity index (χ1n) is 5.30. The van der Waals surface area contributed by atoms with Gasteiger partial charge in [0, 0.05) is 15.9 Å². The van der Waals surface area contributed by atoms with Gasteiger partial charge in [0.1, 0.15) is 0 Å². The third-order valence-electron chi connectivity index (χ3n) is 2.41. The van der Waals surface area contributed by atoms with E-state index in [2.05, 4.69) is 35.8 Å². The van der Waals surface area contributed by atoms with Crippen LogP contribution in [-0.2, 0) is 4.79 Å². The summed E-state index contributed by atoms with van der Waals surface area (Å²) >= 11 is 5.08. The van der Waals surface area contributed by atoms with E-state index in [1.54, 1.807) is 11.8 Å². The molecule has 0 spiro atoms. The Morgan fingerprint density at radius 3 is 2.94 bits per heavy atom. The summed E-state index contributed by atoms with van der Waals surface area (Å²) < 4.78 is 1.07. The molecule has 1 aliphatic heterocycles. The molecule has 0 saturated carbocycles. The summed E-state index contributed by atoms with van der Waals surface area (Å²) in [6, 6.07) is 6.09. The number of carbonyl (C=O) groups is 1. The van der Waals surface area contributed by atoms with Gasteiger partial charge in [0.25, 0.3) is 0 Å². The molecule has 2 rings (SSSR count). The SMILES string of the molecule is CC(C)CN1C(=O)CSc2cc(Br)ccc21. The number of halogens is 1. The van der Waals surface area contributed by atoms with Crippen LogP contribution < -0.4 is 4.90 Å². The molecule has 0 saturated heterocycles. The minimum absolute atomic E-state index is 0.216. The molecule has 1 heterocycles. The molecule has 1 amide bonds. The Hall–Kier alpha value is -0.480. The van der Waals surface area contributed by atoms with Gasteiger partial charge in [-0.15, -0.1) is 11.8 Å². The van der Waals surface area contributed by atoms with Gasteiger partial charge in [-0.05, 0) is 24.1 Å². The molecule has 0 atom stereocenters. The van der Waals surface area contributed by atoms with Crippen molar-refractivity contribution >= 4 is 39.3 Å². The fourth-order valence-corrected chi connectivity index (χ4v) is 3.23. The summed E-state index contributed by atoms with van der Waals surface area (Å²) in [6.07, 6.45) is 0. The average molecular weight is 300 g/mol. The lowest BCUT2D eigenvalue weighted by Crippen LogP contribution is -2.37. The Bertz CT molecular complexity index is 419. The van der Waals surface area contributed by atoms with Crippen LogP contribution >= 0.6 is 27.7 Å². The highest BCUT2D eigenvalue weighted by molar-refractivity contribution is 9.10. The second kappa shape index (κ2) is 4.80. The van der Waals surface area contributed by atoms with Crippen LogP contribution in [-0.4, -0.2) is 18.2 Å². The molecule has 0 radical (unpaired) electrons. The van der Waals surface area contributed by atoms with Crippen LogP contribution in [0.3, 0.4) is 0 Å². The molecular weight excluding hydrogens is 286 g/mol. The van der Waals surface area contributed by atoms with E-state index >= 15 is 0 Å². The Morgan fingerprint density at radius 1 is 1.50 bits per heavy atom. The lowest BCUT2D eigenvalue weighted by atomic mass is 10.2. The zero-order valence-electron chi connectivity index (χ0n) is 9.37. The molecule has 0 bridgehead atoms. The molecule has 0 unspecified atom stereocenters. The van der Waals surface area contributed by atoms with Crippen molar-refractivity contribution < 1.29 is 4.79 Å². The van der Waals surface area contributed by atoms with Gasteiger partial charge >= 0.3 is 0 Å². The molecule has 86 valence electrons. The third kappa shape index (κ3) is 2.43. The fraction of sp³-hybridized carbons (Fsp3) is 0.417. The Labute approximate surface area is 109 Å². The van der Waals surface area contributed by atoms with Crippen LogP contribution in [0.25, 0.3) is 0 Å². The second-order valence-electron chi connectivity index (χ2n) is 4.30. The summed E-state index contributed by atoms with van der Waals surface area (Å²) in [5, 5.41) is 0. The summed E-state index contributed by atoms with van der Waals surface area (Å²) in [7, 11) is 0. The molecule has 1 aliphatic rings. The minimum atomic E-state index is 0.216. The number of hydrogen-bond donors (Lipinski definition) is 0. The first-order valence-corrected chi connectivity index (χ1v) is 7.08. The molecule has 2 nitrogen and oxygen atoms in total. The molecule has 16 heavy (non-hydrogen) atoms. The summed E-state index contributed by atoms with van der Waals surface area (Å²) in [5.74, 6) is 1.26. The molecule has 1 aromatic carbocycles. The number of carbonyl (C=O) groups excluding carboxylic acids is 1. The van der Waals surface area contributed by atoms with Crippen molar-refractivity contribution in [2.45, 2.75) is 18.7 Å². The number of fused-ring (bicyclic) bond motifs is 1. The quantitative estimate of drug-likeness (QED) is 0.832. The van der Waals surface area contributed by atoms with Gasteiger partial charge in [0.2, 0.25) is 5.91 Å². The zero-order chi connectivity index (χ0) is 11.7. The molecule has 0 aliphatic carbocycles. The maximum atomic E-state index is 11.9. The predicted octanol–water partition coefficient (Wildman–Crippen LogP) is 3.54. The van der Waals surface area contributed by atoms with E-state index in [0.29, 0.717) is 11.7 Å². The van der Waals surface area contributed by atoms with Crippen molar-refractivity contribution in [3.05, 3.63) is 22.7 Å². The lowest BCUT2D eigenvalue weighted by molar-refractivity contribution is -0.116. The summed E-state index contributed by atoms with van der Waals surface area (Å²) in [4.78, 5) is 15.0. The highest BCUT2D eigenvalue weighted by Gasteiger charge is 2.25. The van der Waals surface area contributed by atoms with Crippen molar-refractivity contribution in [3.8, 4) is 0 Å². The molecule has 4 heteroatoms. The number of amides is 1. The topological polar surface area (TPSA) is 20.3 Å². The van der Waals surface area contributed by atoms with Crippen molar-refractivity contribution in [1.29, 1.82) is 0 Å². The maximum Gasteiger partial charge on any atom is 0.237 e. The largest absolute Gasteiger partial charge is 0.310 e. The maximum absolute atomic E-state index is 11.9. The molecule has 0 aromatic heterocycles. The van der Waals surface area contributed by atoms with Crippen LogP contribution in [0.15, 0.2) is 27.6 Å². The minimum Gasteiger partial charge on any atom is -0.310 e. The van der Waals surface area contributed by atoms with E-state index in [1.165, 1.54) is 4.90 Å². The summed E-state index contributed by atoms with van der Waals surface area (Å²) in [5.41, 5.74) is 1.05. The lowest BCUT2D eigenvalue weighted by Gasteiger charge is -2.30. The van der Waals surface area contributed by atoms with Crippen molar-refractivity contribution in [3.63, 3.8) is 0 Å². The van der Waals surface area contributed by atoms with E-state index in [1.807, 2.05) is 17.0 Å². The van der Waals surface area contributed by atoms with Crippen LogP contribution in [0.4, 0.5) is 5.69 Å². The number of benzene rings is 1. The highest BCUT2D eigenvalue weighted by Crippen LogP contribution is 2.37. The number of hydrogen-bond acceptors (Lipinski definition) is 2. The standard InChI is InChI=1S/C12H14BrNOS/c1-8(2)6-14-10-4-3-9(13)5-11(10)16-7-12(14)15/h3-5,8H,6-7H2,1-2H3. The van der Waals surface area contributed by atoms with E-state index < -0.39 is 0 Å². The smallest absolute Gasteiger partial charge is 0.237 e. The number of nitrogens with zero attached hydrogens (tertiary/aromatic N) is 1. The Balaban J connectivity index is 2.36. The van der Waals surface area contributed by atoms with Crippen LogP contribution in [0, 0.1) is 5.92 Å². The van der Waals surface area contributed by atoms with Gasteiger partial charge in [0.15, 0.2) is 0 Å². The predicted molar refractivity (Wildman–Crippen MR) is 72.1 cm³/mol. The third-order valence-corrected chi connectivity index (χ3v) is 3.94. The summed E-state index contributed by atoms with van der Waals surface area (Å²) in [6.45, 7) is 5.06. The highest BCUT2D eigenvalue weighted by atomic mass is 79.9. The molecular formula is C12H14BrNOS. The molecule has 1 aromatic rings. The van der Waals surface area contributed by atoms with Crippen molar-refractivity contribution in [1.82, 2.24) is 0 Å². The molecule has 0 fully saturated rings. The zero-order valence-corrected chi connectivity index (χ0v) is 11.8. The number of anilines is 1. The average Bonchev–Trinajstić information content (AvgIpc) is 2.22. The van der Waals surface area contributed by atoms with E-state index in [0.717, 1.165) is 16.7 Å². The van der Waals surface area contributed by atoms with Crippen molar-refractivity contribution in [2.75, 3.05) is 17.2 Å². The second-order valence-corrected chi connectivity index (χ2v) is 6.23. The van der Waals surface area contributed by atoms with E-state index in [4.69, 9.17) is 0 Å². The molecule has 0 N–H and O–H groups in total. The normalized spacial score (nSPS) is 15.5. The van der Waals surface area contributed by atoms with Crippen LogP contribution in [0.5, 0.6) is 0 Å². The fourth-order valence-electron chi connectivity index (χ4n) is 1.74. The Kier molecular flexibility index (Phi) is 3.60. The number of rotatable bonds is 2. The van der Waals surface area contributed by atoms with Gasteiger partial charge in [-0.1, -0.05) is 29.8 Å². The first kappa shape index (κ1) is 12.0. The monoisotopic (exact) mass is 299 g/mol. The van der Waals surface area contributed by atoms with Gasteiger partial charge in [-0.3, -0.25) is 4.79 Å². The van der Waals surface area contributed by atoms with Gasteiger partial charge in [-0.25, -0.2) is 0 Å². The van der Waals surface area contributed by atoms with Gasteiger partial charge < -0.3 is 4.90 Å². The Morgan fingerprint density at radius 2 is 2.25 bits per heavy atom. The van der Waals surface area contributed by atoms with Crippen LogP contribution in [0.1, 0.15) is 13.8 Å². The number of thioether (sulfide) groups is 1. The van der Waals surface area contributed by atoms with Crippen LogP contribution in [0.2, 0.25) is 0 Å².